The van der Waals surface area contributed by atoms with Crippen molar-refractivity contribution in [2.24, 2.45) is 5.73 Å². The van der Waals surface area contributed by atoms with Crippen LogP contribution < -0.4 is 16.4 Å². The summed E-state index contributed by atoms with van der Waals surface area (Å²) in [5.74, 6) is -1.62. The average molecular weight is 293 g/mol. The number of rotatable bonds is 3. The fraction of sp³-hybridized carbons (Fsp3) is 0.429. The standard InChI is InChI=1S/C14H19N3O4/c15-10-3-1-2-4-11(10)17-14(21)16-8-5-6-9(13(19)20)12(18)7-8/h5-7,10-11,18H,1-4,15H2,(H,19,20)(H2,16,17,21). The minimum atomic E-state index is -1.23. The molecule has 0 aromatic heterocycles. The van der Waals surface area contributed by atoms with Gasteiger partial charge in [0.15, 0.2) is 0 Å². The molecule has 21 heavy (non-hydrogen) atoms. The SMILES string of the molecule is NC1CCCCC1NC(=O)Nc1ccc(C(=O)O)c(O)c1. The Morgan fingerprint density at radius 2 is 1.95 bits per heavy atom. The lowest BCUT2D eigenvalue weighted by Gasteiger charge is -2.29. The maximum absolute atomic E-state index is 11.9. The van der Waals surface area contributed by atoms with E-state index in [1.165, 1.54) is 18.2 Å². The third-order valence-corrected chi connectivity index (χ3v) is 3.62. The summed E-state index contributed by atoms with van der Waals surface area (Å²) in [4.78, 5) is 22.7. The smallest absolute Gasteiger partial charge is 0.339 e. The van der Waals surface area contributed by atoms with Gasteiger partial charge in [-0.25, -0.2) is 9.59 Å². The van der Waals surface area contributed by atoms with Gasteiger partial charge in [-0.1, -0.05) is 12.8 Å². The quantitative estimate of drug-likeness (QED) is 0.577. The minimum Gasteiger partial charge on any atom is -0.507 e. The van der Waals surface area contributed by atoms with Crippen molar-refractivity contribution in [3.8, 4) is 5.75 Å². The first-order valence-corrected chi connectivity index (χ1v) is 6.87. The van der Waals surface area contributed by atoms with Gasteiger partial charge in [-0.15, -0.1) is 0 Å². The molecule has 6 N–H and O–H groups in total. The highest BCUT2D eigenvalue weighted by Crippen LogP contribution is 2.22. The van der Waals surface area contributed by atoms with Crippen molar-refractivity contribution in [3.63, 3.8) is 0 Å². The van der Waals surface area contributed by atoms with Crippen LogP contribution in [0.2, 0.25) is 0 Å². The normalized spacial score (nSPS) is 21.6. The summed E-state index contributed by atoms with van der Waals surface area (Å²) in [6.45, 7) is 0. The predicted molar refractivity (Wildman–Crippen MR) is 77.5 cm³/mol. The highest BCUT2D eigenvalue weighted by Gasteiger charge is 2.23. The van der Waals surface area contributed by atoms with E-state index < -0.39 is 17.7 Å². The van der Waals surface area contributed by atoms with Crippen LogP contribution in [-0.2, 0) is 0 Å². The molecule has 0 heterocycles. The van der Waals surface area contributed by atoms with Gasteiger partial charge in [-0.3, -0.25) is 0 Å². The van der Waals surface area contributed by atoms with Crippen molar-refractivity contribution in [2.75, 3.05) is 5.32 Å². The highest BCUT2D eigenvalue weighted by atomic mass is 16.4. The van der Waals surface area contributed by atoms with Crippen molar-refractivity contribution in [2.45, 2.75) is 37.8 Å². The molecule has 1 saturated carbocycles. The van der Waals surface area contributed by atoms with Crippen LogP contribution in [0.25, 0.3) is 0 Å². The number of urea groups is 1. The molecule has 0 aliphatic heterocycles. The van der Waals surface area contributed by atoms with Crippen molar-refractivity contribution >= 4 is 17.7 Å². The monoisotopic (exact) mass is 293 g/mol. The second-order valence-corrected chi connectivity index (χ2v) is 5.19. The second kappa shape index (κ2) is 6.45. The largest absolute Gasteiger partial charge is 0.507 e. The molecular formula is C14H19N3O4. The van der Waals surface area contributed by atoms with Crippen LogP contribution in [0.1, 0.15) is 36.0 Å². The number of carbonyl (C=O) groups excluding carboxylic acids is 1. The Bertz CT molecular complexity index is 547. The Balaban J connectivity index is 1.96. The van der Waals surface area contributed by atoms with Gasteiger partial charge in [0.1, 0.15) is 11.3 Å². The molecule has 2 amide bonds. The van der Waals surface area contributed by atoms with Crippen LogP contribution in [0.15, 0.2) is 18.2 Å². The molecule has 2 atom stereocenters. The lowest BCUT2D eigenvalue weighted by molar-refractivity contribution is 0.0694. The third kappa shape index (κ3) is 3.85. The Morgan fingerprint density at radius 1 is 1.24 bits per heavy atom. The van der Waals surface area contributed by atoms with Crippen LogP contribution in [0, 0.1) is 0 Å². The molecule has 0 spiro atoms. The predicted octanol–water partition coefficient (Wildman–Crippen LogP) is 1.48. The fourth-order valence-corrected chi connectivity index (χ4v) is 2.46. The van der Waals surface area contributed by atoms with Crippen molar-refractivity contribution in [3.05, 3.63) is 23.8 Å². The lowest BCUT2D eigenvalue weighted by atomic mass is 9.91. The number of carboxylic acid groups (broad SMARTS) is 1. The van der Waals surface area contributed by atoms with Gasteiger partial charge >= 0.3 is 12.0 Å². The van der Waals surface area contributed by atoms with E-state index in [1.807, 2.05) is 0 Å². The molecule has 7 nitrogen and oxygen atoms in total. The first-order chi connectivity index (χ1) is 9.97. The number of hydrogen-bond acceptors (Lipinski definition) is 4. The van der Waals surface area contributed by atoms with Crippen molar-refractivity contribution in [1.82, 2.24) is 5.32 Å². The molecule has 0 saturated heterocycles. The number of aromatic carboxylic acids is 1. The summed E-state index contributed by atoms with van der Waals surface area (Å²) in [6, 6.07) is 3.32. The summed E-state index contributed by atoms with van der Waals surface area (Å²) in [7, 11) is 0. The topological polar surface area (TPSA) is 125 Å². The first kappa shape index (κ1) is 15.1. The van der Waals surface area contributed by atoms with E-state index in [0.29, 0.717) is 5.69 Å². The summed E-state index contributed by atoms with van der Waals surface area (Å²) in [5, 5.41) is 23.7. The maximum Gasteiger partial charge on any atom is 0.339 e. The lowest BCUT2D eigenvalue weighted by Crippen LogP contribution is -2.50. The van der Waals surface area contributed by atoms with Crippen LogP contribution in [0.3, 0.4) is 0 Å². The summed E-state index contributed by atoms with van der Waals surface area (Å²) >= 11 is 0. The van der Waals surface area contributed by atoms with Gasteiger partial charge in [0, 0.05) is 23.8 Å². The number of carboxylic acids is 1. The van der Waals surface area contributed by atoms with Crippen molar-refractivity contribution < 1.29 is 19.8 Å². The number of carbonyl (C=O) groups is 2. The van der Waals surface area contributed by atoms with Gasteiger partial charge in [-0.2, -0.15) is 0 Å². The number of nitrogens with two attached hydrogens (primary N) is 1. The molecular weight excluding hydrogens is 274 g/mol. The Kier molecular flexibility index (Phi) is 4.64. The fourth-order valence-electron chi connectivity index (χ4n) is 2.46. The zero-order chi connectivity index (χ0) is 15.4. The number of amides is 2. The molecule has 1 aromatic carbocycles. The van der Waals surface area contributed by atoms with Gasteiger partial charge < -0.3 is 26.6 Å². The third-order valence-electron chi connectivity index (χ3n) is 3.62. The van der Waals surface area contributed by atoms with E-state index >= 15 is 0 Å². The zero-order valence-electron chi connectivity index (χ0n) is 11.5. The molecule has 0 radical (unpaired) electrons. The summed E-state index contributed by atoms with van der Waals surface area (Å²) in [6.07, 6.45) is 3.84. The number of phenols is 1. The average Bonchev–Trinajstić information content (AvgIpc) is 2.41. The molecule has 7 heteroatoms. The van der Waals surface area contributed by atoms with Gasteiger partial charge in [-0.05, 0) is 25.0 Å². The zero-order valence-corrected chi connectivity index (χ0v) is 11.5. The molecule has 1 fully saturated rings. The number of benzene rings is 1. The number of nitrogens with one attached hydrogen (secondary N) is 2. The second-order valence-electron chi connectivity index (χ2n) is 5.19. The Hall–Kier alpha value is -2.28. The van der Waals surface area contributed by atoms with Crippen LogP contribution >= 0.6 is 0 Å². The number of aromatic hydroxyl groups is 1. The Labute approximate surface area is 122 Å². The van der Waals surface area contributed by atoms with E-state index in [9.17, 15) is 14.7 Å². The van der Waals surface area contributed by atoms with Crippen LogP contribution in [0.5, 0.6) is 5.75 Å². The number of anilines is 1. The van der Waals surface area contributed by atoms with Crippen LogP contribution in [-0.4, -0.2) is 34.3 Å². The molecule has 114 valence electrons. The molecule has 0 bridgehead atoms. The van der Waals surface area contributed by atoms with E-state index in [1.54, 1.807) is 0 Å². The minimum absolute atomic E-state index is 0.0488. The van der Waals surface area contributed by atoms with Gasteiger partial charge in [0.25, 0.3) is 0 Å². The van der Waals surface area contributed by atoms with Crippen LogP contribution in [0.4, 0.5) is 10.5 Å². The van der Waals surface area contributed by atoms with Gasteiger partial charge in [0.2, 0.25) is 0 Å². The number of hydrogen-bond donors (Lipinski definition) is 5. The molecule has 1 aliphatic carbocycles. The summed E-state index contributed by atoms with van der Waals surface area (Å²) < 4.78 is 0. The van der Waals surface area contributed by atoms with E-state index in [-0.39, 0.29) is 17.6 Å². The van der Waals surface area contributed by atoms with E-state index in [0.717, 1.165) is 25.7 Å². The highest BCUT2D eigenvalue weighted by molar-refractivity contribution is 5.94. The van der Waals surface area contributed by atoms with Gasteiger partial charge in [0.05, 0.1) is 0 Å². The summed E-state index contributed by atoms with van der Waals surface area (Å²) in [5.41, 5.74) is 6.06. The Morgan fingerprint density at radius 3 is 2.57 bits per heavy atom. The molecule has 2 rings (SSSR count). The van der Waals surface area contributed by atoms with Crippen molar-refractivity contribution in [1.29, 1.82) is 0 Å². The molecule has 1 aromatic rings. The first-order valence-electron chi connectivity index (χ1n) is 6.87. The maximum atomic E-state index is 11.9. The molecule has 2 unspecified atom stereocenters. The molecule has 1 aliphatic rings. The van der Waals surface area contributed by atoms with E-state index in [2.05, 4.69) is 10.6 Å². The van der Waals surface area contributed by atoms with E-state index in [4.69, 9.17) is 10.8 Å².